The number of benzene rings is 1. The summed E-state index contributed by atoms with van der Waals surface area (Å²) in [7, 11) is 1.42. The number of nitrogen functional groups attached to an aromatic ring is 1. The third kappa shape index (κ3) is 4.16. The van der Waals surface area contributed by atoms with Crippen molar-refractivity contribution in [3.8, 4) is 5.69 Å². The van der Waals surface area contributed by atoms with Gasteiger partial charge in [0.25, 0.3) is 0 Å². The molecule has 0 atom stereocenters. The molecule has 0 spiro atoms. The Morgan fingerprint density at radius 3 is 2.46 bits per heavy atom. The number of carbonyl (C=O) groups excluding carboxylic acids is 1. The molecule has 1 aromatic heterocycles. The highest BCUT2D eigenvalue weighted by Crippen LogP contribution is 2.34. The molecule has 8 heteroatoms. The third-order valence-corrected chi connectivity index (χ3v) is 5.57. The van der Waals surface area contributed by atoms with Gasteiger partial charge in [-0.15, -0.1) is 0 Å². The number of ether oxygens (including phenoxy) is 1. The summed E-state index contributed by atoms with van der Waals surface area (Å²) in [6, 6.07) is 7.06. The molecule has 1 saturated carbocycles. The first-order chi connectivity index (χ1) is 13.4. The minimum Gasteiger partial charge on any atom is -0.469 e. The summed E-state index contributed by atoms with van der Waals surface area (Å²) in [6.45, 7) is 1.85. The van der Waals surface area contributed by atoms with E-state index >= 15 is 0 Å². The second kappa shape index (κ2) is 8.41. The van der Waals surface area contributed by atoms with Gasteiger partial charge in [-0.3, -0.25) is 14.8 Å². The average Bonchev–Trinajstić information content (AvgIpc) is 3.00. The number of hydrogen-bond donors (Lipinski definition) is 2. The normalized spacial score (nSPS) is 19.4. The molecular formula is C20H27N5O3. The van der Waals surface area contributed by atoms with Gasteiger partial charge in [-0.05, 0) is 69.2 Å². The molecule has 0 radical (unpaired) electrons. The van der Waals surface area contributed by atoms with Crippen LogP contribution in [0, 0.1) is 18.3 Å². The zero-order valence-corrected chi connectivity index (χ0v) is 16.4. The van der Waals surface area contributed by atoms with Gasteiger partial charge in [0.15, 0.2) is 0 Å². The van der Waals surface area contributed by atoms with Gasteiger partial charge in [0, 0.05) is 18.0 Å². The summed E-state index contributed by atoms with van der Waals surface area (Å²) in [4.78, 5) is 24.3. The summed E-state index contributed by atoms with van der Waals surface area (Å²) in [5, 5.41) is 11.9. The molecule has 150 valence electrons. The van der Waals surface area contributed by atoms with Crippen molar-refractivity contribution in [2.75, 3.05) is 7.11 Å². The van der Waals surface area contributed by atoms with Gasteiger partial charge in [-0.1, -0.05) is 0 Å². The number of rotatable bonds is 6. The fraction of sp³-hybridized carbons (Fsp3) is 0.500. The van der Waals surface area contributed by atoms with E-state index < -0.39 is 0 Å². The maximum Gasteiger partial charge on any atom is 0.350 e. The van der Waals surface area contributed by atoms with Crippen LogP contribution in [0.3, 0.4) is 0 Å². The average molecular weight is 385 g/mol. The van der Waals surface area contributed by atoms with Gasteiger partial charge in [-0.2, -0.15) is 9.78 Å². The van der Waals surface area contributed by atoms with E-state index in [4.69, 9.17) is 15.9 Å². The Morgan fingerprint density at radius 1 is 1.25 bits per heavy atom. The third-order valence-electron chi connectivity index (χ3n) is 5.57. The maximum absolute atomic E-state index is 13.0. The number of amidine groups is 1. The topological polar surface area (TPSA) is 116 Å². The van der Waals surface area contributed by atoms with Crippen LogP contribution in [-0.4, -0.2) is 33.3 Å². The summed E-state index contributed by atoms with van der Waals surface area (Å²) in [5.41, 5.74) is 6.60. The van der Waals surface area contributed by atoms with E-state index in [-0.39, 0.29) is 23.5 Å². The minimum atomic E-state index is -0.161. The Morgan fingerprint density at radius 2 is 1.89 bits per heavy atom. The zero-order chi connectivity index (χ0) is 20.3. The number of aromatic nitrogens is 3. The Balaban J connectivity index is 1.72. The molecule has 1 aliphatic carbocycles. The lowest BCUT2D eigenvalue weighted by Gasteiger charge is -2.29. The van der Waals surface area contributed by atoms with Crippen molar-refractivity contribution in [1.29, 1.82) is 5.41 Å². The quantitative estimate of drug-likeness (QED) is 0.450. The number of aryl methyl sites for hydroxylation is 1. The van der Waals surface area contributed by atoms with Crippen molar-refractivity contribution in [2.45, 2.75) is 51.5 Å². The molecule has 0 bridgehead atoms. The highest BCUT2D eigenvalue weighted by molar-refractivity contribution is 5.95. The van der Waals surface area contributed by atoms with Crippen molar-refractivity contribution in [2.24, 2.45) is 11.7 Å². The fourth-order valence-corrected chi connectivity index (χ4v) is 3.96. The van der Waals surface area contributed by atoms with Crippen LogP contribution in [0.25, 0.3) is 5.69 Å². The number of nitrogens with one attached hydrogen (secondary N) is 1. The van der Waals surface area contributed by atoms with Gasteiger partial charge in [0.05, 0.1) is 12.8 Å². The van der Waals surface area contributed by atoms with E-state index in [0.29, 0.717) is 29.4 Å². The van der Waals surface area contributed by atoms with Crippen molar-refractivity contribution >= 4 is 11.8 Å². The van der Waals surface area contributed by atoms with Gasteiger partial charge in [0.1, 0.15) is 11.7 Å². The molecule has 1 fully saturated rings. The standard InChI is InChI=1S/C20H27N5O3/c1-13-23-25(17-10-6-15(7-11-17)19(21)22)20(27)24(13)16-8-3-14(4-9-16)5-12-18(26)28-2/h6-7,10-11,14,16H,3-5,8-9,12H2,1-2H3,(H3,21,22)/t14-,16+. The van der Waals surface area contributed by atoms with Gasteiger partial charge in [-0.25, -0.2) is 4.79 Å². The van der Waals surface area contributed by atoms with Crippen molar-refractivity contribution in [3.63, 3.8) is 0 Å². The monoisotopic (exact) mass is 385 g/mol. The first kappa shape index (κ1) is 19.9. The van der Waals surface area contributed by atoms with Crippen LogP contribution in [0.15, 0.2) is 29.1 Å². The molecule has 0 amide bonds. The molecule has 1 aromatic carbocycles. The van der Waals surface area contributed by atoms with Crippen LogP contribution in [0.1, 0.15) is 56.0 Å². The molecule has 8 nitrogen and oxygen atoms in total. The van der Waals surface area contributed by atoms with Gasteiger partial charge >= 0.3 is 11.7 Å². The van der Waals surface area contributed by atoms with Crippen molar-refractivity contribution in [1.82, 2.24) is 14.3 Å². The number of nitrogens with two attached hydrogens (primary N) is 1. The molecule has 0 unspecified atom stereocenters. The highest BCUT2D eigenvalue weighted by atomic mass is 16.5. The molecule has 2 aromatic rings. The van der Waals surface area contributed by atoms with Crippen LogP contribution >= 0.6 is 0 Å². The zero-order valence-electron chi connectivity index (χ0n) is 16.4. The first-order valence-electron chi connectivity index (χ1n) is 9.60. The lowest BCUT2D eigenvalue weighted by Crippen LogP contribution is -2.30. The molecule has 0 saturated heterocycles. The Kier molecular flexibility index (Phi) is 5.96. The number of methoxy groups -OCH3 is 1. The Labute approximate surface area is 163 Å². The SMILES string of the molecule is COC(=O)CC[C@H]1CC[C@@H](n2c(C)nn(-c3ccc(C(=N)N)cc3)c2=O)CC1. The van der Waals surface area contributed by atoms with Crippen LogP contribution in [-0.2, 0) is 9.53 Å². The second-order valence-electron chi connectivity index (χ2n) is 7.36. The highest BCUT2D eigenvalue weighted by Gasteiger charge is 2.26. The van der Waals surface area contributed by atoms with Crippen molar-refractivity contribution < 1.29 is 9.53 Å². The smallest absolute Gasteiger partial charge is 0.350 e. The Bertz CT molecular complexity index is 905. The lowest BCUT2D eigenvalue weighted by atomic mass is 9.83. The predicted octanol–water partition coefficient (Wildman–Crippen LogP) is 2.31. The van der Waals surface area contributed by atoms with E-state index in [1.54, 1.807) is 28.8 Å². The summed E-state index contributed by atoms with van der Waals surface area (Å²) < 4.78 is 7.91. The van der Waals surface area contributed by atoms with Gasteiger partial charge < -0.3 is 10.5 Å². The Hall–Kier alpha value is -2.90. The number of esters is 1. The summed E-state index contributed by atoms with van der Waals surface area (Å²) in [5.74, 6) is 1.02. The van der Waals surface area contributed by atoms with Crippen LogP contribution in [0.5, 0.6) is 0 Å². The largest absolute Gasteiger partial charge is 0.469 e. The van der Waals surface area contributed by atoms with E-state index in [0.717, 1.165) is 32.1 Å². The van der Waals surface area contributed by atoms with Crippen LogP contribution in [0.2, 0.25) is 0 Å². The summed E-state index contributed by atoms with van der Waals surface area (Å²) in [6.07, 6.45) is 5.09. The molecule has 3 N–H and O–H groups in total. The number of nitrogens with zero attached hydrogens (tertiary/aromatic N) is 3. The molecule has 1 aliphatic rings. The minimum absolute atomic E-state index is 0.00966. The lowest BCUT2D eigenvalue weighted by molar-refractivity contribution is -0.141. The maximum atomic E-state index is 13.0. The van der Waals surface area contributed by atoms with E-state index in [1.807, 2.05) is 6.92 Å². The van der Waals surface area contributed by atoms with Gasteiger partial charge in [0.2, 0.25) is 0 Å². The predicted molar refractivity (Wildman–Crippen MR) is 106 cm³/mol. The second-order valence-corrected chi connectivity index (χ2v) is 7.36. The van der Waals surface area contributed by atoms with Crippen LogP contribution in [0.4, 0.5) is 0 Å². The van der Waals surface area contributed by atoms with E-state index in [2.05, 4.69) is 5.10 Å². The molecular weight excluding hydrogens is 358 g/mol. The number of carbonyl (C=O) groups is 1. The number of hydrogen-bond acceptors (Lipinski definition) is 5. The van der Waals surface area contributed by atoms with Crippen molar-refractivity contribution in [3.05, 3.63) is 46.1 Å². The molecule has 1 heterocycles. The van der Waals surface area contributed by atoms with E-state index in [9.17, 15) is 9.59 Å². The fourth-order valence-electron chi connectivity index (χ4n) is 3.96. The molecule has 0 aliphatic heterocycles. The van der Waals surface area contributed by atoms with Crippen LogP contribution < -0.4 is 11.4 Å². The summed E-state index contributed by atoms with van der Waals surface area (Å²) >= 11 is 0. The molecule has 3 rings (SSSR count). The molecule has 28 heavy (non-hydrogen) atoms. The first-order valence-corrected chi connectivity index (χ1v) is 9.60. The van der Waals surface area contributed by atoms with E-state index in [1.165, 1.54) is 11.8 Å².